The summed E-state index contributed by atoms with van der Waals surface area (Å²) in [5.74, 6) is -0.866. The first-order valence-electron chi connectivity index (χ1n) is 13.1. The van der Waals surface area contributed by atoms with Crippen molar-refractivity contribution < 1.29 is 19.1 Å². The van der Waals surface area contributed by atoms with Crippen LogP contribution in [-0.2, 0) is 11.2 Å². The van der Waals surface area contributed by atoms with E-state index in [4.69, 9.17) is 0 Å². The van der Waals surface area contributed by atoms with Crippen LogP contribution in [0.3, 0.4) is 0 Å². The summed E-state index contributed by atoms with van der Waals surface area (Å²) < 4.78 is 14.0. The van der Waals surface area contributed by atoms with Gasteiger partial charge < -0.3 is 25.6 Å². The summed E-state index contributed by atoms with van der Waals surface area (Å²) in [4.78, 5) is 31.6. The highest BCUT2D eigenvalue weighted by atomic mass is 19.1. The van der Waals surface area contributed by atoms with Crippen molar-refractivity contribution in [1.82, 2.24) is 15.2 Å². The molecule has 36 heavy (non-hydrogen) atoms. The fraction of sp³-hybridized carbons (Fsp3) is 0.500. The molecule has 1 aliphatic heterocycles. The van der Waals surface area contributed by atoms with Gasteiger partial charge in [-0.05, 0) is 75.4 Å². The van der Waals surface area contributed by atoms with Crippen LogP contribution in [0.15, 0.2) is 18.2 Å². The van der Waals surface area contributed by atoms with Gasteiger partial charge in [0.25, 0.3) is 11.8 Å². The largest absolute Gasteiger partial charge is 0.390 e. The minimum Gasteiger partial charge on any atom is -0.390 e. The number of nitrogens with zero attached hydrogens (tertiary/aromatic N) is 1. The van der Waals surface area contributed by atoms with Gasteiger partial charge in [-0.1, -0.05) is 19.3 Å². The number of nitrogens with one attached hydrogen (secondary N) is 3. The molecule has 1 aromatic heterocycles. The van der Waals surface area contributed by atoms with Gasteiger partial charge in [0.05, 0.1) is 17.2 Å². The number of amides is 2. The smallest absolute Gasteiger partial charge is 0.256 e. The zero-order valence-electron chi connectivity index (χ0n) is 21.0. The van der Waals surface area contributed by atoms with Crippen molar-refractivity contribution >= 4 is 28.6 Å². The highest BCUT2D eigenvalue weighted by molar-refractivity contribution is 6.36. The number of anilines is 1. The molecule has 1 unspecified atom stereocenters. The van der Waals surface area contributed by atoms with E-state index in [9.17, 15) is 19.1 Å². The van der Waals surface area contributed by atoms with Crippen LogP contribution < -0.4 is 10.6 Å². The molecule has 3 aliphatic rings. The molecule has 1 atom stereocenters. The van der Waals surface area contributed by atoms with Gasteiger partial charge in [-0.25, -0.2) is 4.39 Å². The Hall–Kier alpha value is -2.97. The van der Waals surface area contributed by atoms with E-state index in [1.54, 1.807) is 6.07 Å². The molecule has 0 radical (unpaired) electrons. The summed E-state index contributed by atoms with van der Waals surface area (Å²) in [5, 5.41) is 16.3. The van der Waals surface area contributed by atoms with Crippen molar-refractivity contribution in [3.05, 3.63) is 52.1 Å². The van der Waals surface area contributed by atoms with E-state index in [0.717, 1.165) is 41.8 Å². The first-order valence-corrected chi connectivity index (χ1v) is 13.1. The third kappa shape index (κ3) is 4.72. The summed E-state index contributed by atoms with van der Waals surface area (Å²) >= 11 is 0. The number of halogens is 1. The minimum atomic E-state index is -0.651. The molecule has 2 aliphatic carbocycles. The lowest BCUT2D eigenvalue weighted by atomic mass is 9.86. The Kier molecular flexibility index (Phi) is 6.99. The number of allylic oxidation sites excluding steroid dienone is 1. The molecule has 2 amide bonds. The molecule has 2 heterocycles. The molecule has 1 aromatic carbocycles. The molecule has 8 heteroatoms. The molecule has 1 fully saturated rings. The van der Waals surface area contributed by atoms with Crippen molar-refractivity contribution in [3.8, 4) is 0 Å². The summed E-state index contributed by atoms with van der Waals surface area (Å²) in [6, 6.07) is 4.80. The number of hydrogen-bond acceptors (Lipinski definition) is 4. The number of carbonyl (C=O) groups is 2. The maximum absolute atomic E-state index is 14.0. The van der Waals surface area contributed by atoms with Gasteiger partial charge in [-0.15, -0.1) is 0 Å². The van der Waals surface area contributed by atoms with Gasteiger partial charge in [0, 0.05) is 41.8 Å². The van der Waals surface area contributed by atoms with Crippen molar-refractivity contribution in [2.45, 2.75) is 70.4 Å². The normalized spacial score (nSPS) is 20.8. The molecule has 4 N–H and O–H groups in total. The van der Waals surface area contributed by atoms with Gasteiger partial charge in [0.15, 0.2) is 0 Å². The van der Waals surface area contributed by atoms with E-state index in [1.165, 1.54) is 31.4 Å². The Balaban J connectivity index is 1.34. The second-order valence-electron chi connectivity index (χ2n) is 10.4. The van der Waals surface area contributed by atoms with Crippen LogP contribution in [0, 0.1) is 12.7 Å². The summed E-state index contributed by atoms with van der Waals surface area (Å²) in [7, 11) is 2.05. The number of aromatic nitrogens is 1. The lowest BCUT2D eigenvalue weighted by Gasteiger charge is -2.32. The fourth-order valence-electron chi connectivity index (χ4n) is 6.11. The van der Waals surface area contributed by atoms with Crippen LogP contribution in [0.25, 0.3) is 11.1 Å². The molecule has 2 aromatic rings. The Morgan fingerprint density at radius 3 is 2.78 bits per heavy atom. The quantitative estimate of drug-likeness (QED) is 0.456. The molecular weight excluding hydrogens is 459 g/mol. The zero-order chi connectivity index (χ0) is 25.4. The third-order valence-electron chi connectivity index (χ3n) is 7.90. The average molecular weight is 495 g/mol. The van der Waals surface area contributed by atoms with Gasteiger partial charge in [-0.2, -0.15) is 0 Å². The number of rotatable bonds is 6. The van der Waals surface area contributed by atoms with E-state index in [1.807, 2.05) is 14.0 Å². The van der Waals surface area contributed by atoms with Crippen LogP contribution in [0.1, 0.15) is 77.8 Å². The highest BCUT2D eigenvalue weighted by Gasteiger charge is 2.33. The van der Waals surface area contributed by atoms with Crippen LogP contribution in [0.2, 0.25) is 0 Å². The van der Waals surface area contributed by atoms with Crippen molar-refractivity contribution in [1.29, 1.82) is 0 Å². The van der Waals surface area contributed by atoms with Crippen molar-refractivity contribution in [3.63, 3.8) is 0 Å². The molecule has 0 bridgehead atoms. The predicted molar refractivity (Wildman–Crippen MR) is 138 cm³/mol. The second kappa shape index (κ2) is 10.2. The number of H-pyrrole nitrogens is 1. The number of aromatic amines is 1. The standard InChI is InChI=1S/C28H35FN4O3/c1-16-24(27(35)30-14-19(34)15-33(2)18-7-4-3-5-8-18)20-9-6-10-21(26(20)31-16)25-22-13-17(29)11-12-23(22)32-28(25)36/h11-13,18-19,31,34H,3-10,14-15H2,1-2H3,(H,30,35)(H,32,36)/b25-21-. The van der Waals surface area contributed by atoms with Crippen molar-refractivity contribution in [2.24, 2.45) is 0 Å². The van der Waals surface area contributed by atoms with Crippen LogP contribution in [0.5, 0.6) is 0 Å². The Labute approximate surface area is 211 Å². The lowest BCUT2D eigenvalue weighted by Crippen LogP contribution is -2.43. The van der Waals surface area contributed by atoms with E-state index >= 15 is 0 Å². The van der Waals surface area contributed by atoms with Gasteiger partial charge in [-0.3, -0.25) is 9.59 Å². The zero-order valence-corrected chi connectivity index (χ0v) is 21.0. The molecule has 7 nitrogen and oxygen atoms in total. The monoisotopic (exact) mass is 494 g/mol. The molecule has 0 spiro atoms. The molecule has 5 rings (SSSR count). The van der Waals surface area contributed by atoms with E-state index in [-0.39, 0.29) is 18.4 Å². The fourth-order valence-corrected chi connectivity index (χ4v) is 6.11. The number of likely N-dealkylation sites (N-methyl/N-ethyl adjacent to an activating group) is 1. The SMILES string of the molecule is Cc1[nH]c2c(c1C(=O)NCC(O)CN(C)C1CCCCC1)CCC/C2=C1/C(=O)Nc2ccc(F)cc21. The number of fused-ring (bicyclic) bond motifs is 2. The van der Waals surface area contributed by atoms with Gasteiger partial charge >= 0.3 is 0 Å². The number of hydrogen-bond donors (Lipinski definition) is 4. The van der Waals surface area contributed by atoms with Crippen LogP contribution >= 0.6 is 0 Å². The first-order chi connectivity index (χ1) is 17.3. The van der Waals surface area contributed by atoms with Gasteiger partial charge in [0.1, 0.15) is 5.82 Å². The predicted octanol–water partition coefficient (Wildman–Crippen LogP) is 4.02. The summed E-state index contributed by atoms with van der Waals surface area (Å²) in [5.41, 5.74) is 5.41. The number of benzene rings is 1. The molecule has 1 saturated carbocycles. The van der Waals surface area contributed by atoms with Crippen LogP contribution in [0.4, 0.5) is 10.1 Å². The van der Waals surface area contributed by atoms with Gasteiger partial charge in [0.2, 0.25) is 0 Å². The molecule has 0 saturated heterocycles. The highest BCUT2D eigenvalue weighted by Crippen LogP contribution is 2.43. The lowest BCUT2D eigenvalue weighted by molar-refractivity contribution is -0.110. The number of carbonyl (C=O) groups excluding carboxylic acids is 2. The second-order valence-corrected chi connectivity index (χ2v) is 10.4. The number of aryl methyl sites for hydroxylation is 1. The topological polar surface area (TPSA) is 97.5 Å². The minimum absolute atomic E-state index is 0.179. The van der Waals surface area contributed by atoms with Crippen molar-refractivity contribution in [2.75, 3.05) is 25.5 Å². The first kappa shape index (κ1) is 24.7. The third-order valence-corrected chi connectivity index (χ3v) is 7.90. The van der Waals surface area contributed by atoms with E-state index in [2.05, 4.69) is 20.5 Å². The number of aliphatic hydroxyl groups excluding tert-OH is 1. The van der Waals surface area contributed by atoms with E-state index in [0.29, 0.717) is 47.8 Å². The molecular formula is C28H35FN4O3. The maximum atomic E-state index is 14.0. The summed E-state index contributed by atoms with van der Waals surface area (Å²) in [6.07, 6.45) is 7.60. The Morgan fingerprint density at radius 1 is 1.22 bits per heavy atom. The number of aliphatic hydroxyl groups is 1. The Bertz CT molecular complexity index is 1210. The summed E-state index contributed by atoms with van der Waals surface area (Å²) in [6.45, 7) is 2.56. The average Bonchev–Trinajstić information content (AvgIpc) is 3.37. The Morgan fingerprint density at radius 2 is 2.00 bits per heavy atom. The molecule has 192 valence electrons. The van der Waals surface area contributed by atoms with Crippen LogP contribution in [-0.4, -0.2) is 59.1 Å². The maximum Gasteiger partial charge on any atom is 0.256 e. The van der Waals surface area contributed by atoms with E-state index < -0.39 is 11.9 Å².